The van der Waals surface area contributed by atoms with Crippen molar-refractivity contribution in [3.8, 4) is 6.07 Å². The van der Waals surface area contributed by atoms with E-state index in [9.17, 15) is 0 Å². The molecule has 0 saturated heterocycles. The highest BCUT2D eigenvalue weighted by molar-refractivity contribution is 5.96. The first kappa shape index (κ1) is 8.21. The molecule has 0 saturated carbocycles. The number of aryl methyl sites for hydroxylation is 1. The van der Waals surface area contributed by atoms with E-state index in [-0.39, 0.29) is 5.84 Å². The van der Waals surface area contributed by atoms with E-state index in [0.717, 1.165) is 5.56 Å². The summed E-state index contributed by atoms with van der Waals surface area (Å²) in [4.78, 5) is 7.75. The highest BCUT2D eigenvalue weighted by atomic mass is 14.9. The van der Waals surface area contributed by atoms with Gasteiger partial charge in [-0.05, 0) is 18.6 Å². The second-order valence-corrected chi connectivity index (χ2v) is 2.25. The first-order valence-corrected chi connectivity index (χ1v) is 3.40. The van der Waals surface area contributed by atoms with E-state index in [1.165, 1.54) is 0 Å². The smallest absolute Gasteiger partial charge is 0.205 e. The molecule has 0 aliphatic rings. The van der Waals surface area contributed by atoms with Gasteiger partial charge in [0.25, 0.3) is 0 Å². The van der Waals surface area contributed by atoms with Crippen LogP contribution in [-0.4, -0.2) is 10.8 Å². The molecular formula is C8H8N4. The van der Waals surface area contributed by atoms with E-state index < -0.39 is 0 Å². The van der Waals surface area contributed by atoms with Crippen LogP contribution in [0.15, 0.2) is 23.3 Å². The van der Waals surface area contributed by atoms with Crippen LogP contribution >= 0.6 is 0 Å². The van der Waals surface area contributed by atoms with Crippen molar-refractivity contribution in [2.75, 3.05) is 0 Å². The molecule has 60 valence electrons. The zero-order chi connectivity index (χ0) is 8.97. The molecule has 1 aromatic heterocycles. The lowest BCUT2D eigenvalue weighted by Gasteiger charge is -1.95. The van der Waals surface area contributed by atoms with Gasteiger partial charge in [0.15, 0.2) is 5.82 Å². The molecule has 1 rings (SSSR count). The molecule has 0 aliphatic carbocycles. The summed E-state index contributed by atoms with van der Waals surface area (Å²) in [6, 6.07) is 5.39. The van der Waals surface area contributed by atoms with Gasteiger partial charge in [-0.2, -0.15) is 5.26 Å². The summed E-state index contributed by atoms with van der Waals surface area (Å²) in [5.74, 6) is 0.424. The molecular weight excluding hydrogens is 152 g/mol. The molecule has 0 unspecified atom stereocenters. The first-order chi connectivity index (χ1) is 5.74. The van der Waals surface area contributed by atoms with E-state index in [1.54, 1.807) is 18.3 Å². The number of aromatic nitrogens is 1. The number of nitrogens with zero attached hydrogens (tertiary/aromatic N) is 3. The topological polar surface area (TPSA) is 75.1 Å². The van der Waals surface area contributed by atoms with Crippen molar-refractivity contribution < 1.29 is 0 Å². The summed E-state index contributed by atoms with van der Waals surface area (Å²) < 4.78 is 0. The third-order valence-corrected chi connectivity index (χ3v) is 1.32. The van der Waals surface area contributed by atoms with Crippen molar-refractivity contribution in [1.29, 1.82) is 5.26 Å². The number of hydrogen-bond donors (Lipinski definition) is 1. The third kappa shape index (κ3) is 1.80. The highest BCUT2D eigenvalue weighted by Gasteiger charge is 1.95. The summed E-state index contributed by atoms with van der Waals surface area (Å²) in [6.07, 6.45) is 1.61. The molecule has 0 spiro atoms. The van der Waals surface area contributed by atoms with E-state index in [0.29, 0.717) is 5.82 Å². The maximum atomic E-state index is 8.35. The fourth-order valence-corrected chi connectivity index (χ4v) is 0.733. The SMILES string of the molecule is Cc1cccnc1/N=C(\N)C#N. The van der Waals surface area contributed by atoms with Crippen molar-refractivity contribution in [3.05, 3.63) is 23.9 Å². The molecule has 12 heavy (non-hydrogen) atoms. The predicted molar refractivity (Wildman–Crippen MR) is 45.9 cm³/mol. The number of nitriles is 1. The lowest BCUT2D eigenvalue weighted by atomic mass is 10.3. The summed E-state index contributed by atoms with van der Waals surface area (Å²) >= 11 is 0. The van der Waals surface area contributed by atoms with Crippen LogP contribution in [0.3, 0.4) is 0 Å². The largest absolute Gasteiger partial charge is 0.375 e. The molecule has 0 radical (unpaired) electrons. The number of pyridine rings is 1. The predicted octanol–water partition coefficient (Wildman–Crippen LogP) is 0.902. The molecule has 1 aromatic rings. The van der Waals surface area contributed by atoms with Gasteiger partial charge in [-0.1, -0.05) is 6.07 Å². The van der Waals surface area contributed by atoms with Crippen LogP contribution in [0.2, 0.25) is 0 Å². The Balaban J connectivity index is 3.06. The molecule has 1 heterocycles. The van der Waals surface area contributed by atoms with E-state index >= 15 is 0 Å². The summed E-state index contributed by atoms with van der Waals surface area (Å²) in [5, 5.41) is 8.35. The standard InChI is InChI=1S/C8H8N4/c1-6-3-2-4-11-8(6)12-7(10)5-9/h2-4H,1H3,(H2,10,11,12). The van der Waals surface area contributed by atoms with Crippen molar-refractivity contribution in [3.63, 3.8) is 0 Å². The first-order valence-electron chi connectivity index (χ1n) is 3.40. The number of amidine groups is 1. The Kier molecular flexibility index (Phi) is 2.38. The Morgan fingerprint density at radius 2 is 2.50 bits per heavy atom. The Bertz CT molecular complexity index is 348. The minimum atomic E-state index is -0.0724. The van der Waals surface area contributed by atoms with Gasteiger partial charge in [0, 0.05) is 6.20 Å². The third-order valence-electron chi connectivity index (χ3n) is 1.32. The van der Waals surface area contributed by atoms with E-state index in [1.807, 2.05) is 13.0 Å². The summed E-state index contributed by atoms with van der Waals surface area (Å²) in [7, 11) is 0. The summed E-state index contributed by atoms with van der Waals surface area (Å²) in [6.45, 7) is 1.86. The van der Waals surface area contributed by atoms with Gasteiger partial charge >= 0.3 is 0 Å². The molecule has 0 aromatic carbocycles. The maximum Gasteiger partial charge on any atom is 0.205 e. The molecule has 2 N–H and O–H groups in total. The second kappa shape index (κ2) is 3.49. The van der Waals surface area contributed by atoms with E-state index in [2.05, 4.69) is 9.98 Å². The van der Waals surface area contributed by atoms with Crippen LogP contribution in [0.1, 0.15) is 5.56 Å². The van der Waals surface area contributed by atoms with Crippen molar-refractivity contribution in [2.24, 2.45) is 10.7 Å². The van der Waals surface area contributed by atoms with Crippen LogP contribution in [0.25, 0.3) is 0 Å². The number of hydrogen-bond acceptors (Lipinski definition) is 3. The second-order valence-electron chi connectivity index (χ2n) is 2.25. The lowest BCUT2D eigenvalue weighted by molar-refractivity contribution is 1.22. The monoisotopic (exact) mass is 160 g/mol. The Morgan fingerprint density at radius 3 is 3.08 bits per heavy atom. The normalized spacial score (nSPS) is 10.8. The minimum absolute atomic E-state index is 0.0724. The maximum absolute atomic E-state index is 8.35. The average Bonchev–Trinajstić information content (AvgIpc) is 2.09. The van der Waals surface area contributed by atoms with Gasteiger partial charge in [-0.25, -0.2) is 9.98 Å². The molecule has 0 fully saturated rings. The fraction of sp³-hybridized carbons (Fsp3) is 0.125. The average molecular weight is 160 g/mol. The van der Waals surface area contributed by atoms with Gasteiger partial charge < -0.3 is 5.73 Å². The van der Waals surface area contributed by atoms with Crippen molar-refractivity contribution >= 4 is 11.7 Å². The minimum Gasteiger partial charge on any atom is -0.375 e. The van der Waals surface area contributed by atoms with Gasteiger partial charge in [0.05, 0.1) is 0 Å². The van der Waals surface area contributed by atoms with E-state index in [4.69, 9.17) is 11.0 Å². The zero-order valence-electron chi connectivity index (χ0n) is 6.65. The van der Waals surface area contributed by atoms with Crippen LogP contribution in [-0.2, 0) is 0 Å². The quantitative estimate of drug-likeness (QED) is 0.490. The number of rotatable bonds is 1. The number of nitrogens with two attached hydrogens (primary N) is 1. The summed E-state index contributed by atoms with van der Waals surface area (Å²) in [5.41, 5.74) is 6.12. The molecule has 0 atom stereocenters. The van der Waals surface area contributed by atoms with Crippen LogP contribution in [0.4, 0.5) is 5.82 Å². The van der Waals surface area contributed by atoms with Gasteiger partial charge in [0.2, 0.25) is 5.84 Å². The Hall–Kier alpha value is -1.89. The molecule has 0 amide bonds. The molecule has 0 bridgehead atoms. The van der Waals surface area contributed by atoms with Crippen LogP contribution in [0, 0.1) is 18.3 Å². The van der Waals surface area contributed by atoms with Gasteiger partial charge in [-0.3, -0.25) is 0 Å². The molecule has 4 heteroatoms. The number of aliphatic imine (C=N–C) groups is 1. The van der Waals surface area contributed by atoms with Crippen LogP contribution in [0.5, 0.6) is 0 Å². The van der Waals surface area contributed by atoms with Crippen LogP contribution < -0.4 is 5.73 Å². The van der Waals surface area contributed by atoms with Gasteiger partial charge in [-0.15, -0.1) is 0 Å². The van der Waals surface area contributed by atoms with Crippen molar-refractivity contribution in [1.82, 2.24) is 4.98 Å². The highest BCUT2D eigenvalue weighted by Crippen LogP contribution is 2.12. The van der Waals surface area contributed by atoms with Gasteiger partial charge in [0.1, 0.15) is 6.07 Å². The Labute approximate surface area is 70.4 Å². The fourth-order valence-electron chi connectivity index (χ4n) is 0.733. The molecule has 4 nitrogen and oxygen atoms in total. The molecule has 0 aliphatic heterocycles. The lowest BCUT2D eigenvalue weighted by Crippen LogP contribution is -2.07. The Morgan fingerprint density at radius 1 is 1.75 bits per heavy atom. The zero-order valence-corrected chi connectivity index (χ0v) is 6.65. The van der Waals surface area contributed by atoms with Crippen molar-refractivity contribution in [2.45, 2.75) is 6.92 Å².